The largest absolute Gasteiger partial charge is 0.462 e. The van der Waals surface area contributed by atoms with Crippen molar-refractivity contribution < 1.29 is 14.3 Å². The van der Waals surface area contributed by atoms with E-state index in [1.807, 2.05) is 6.07 Å². The summed E-state index contributed by atoms with van der Waals surface area (Å²) in [5.74, 6) is -1.17. The molecule has 26 heavy (non-hydrogen) atoms. The summed E-state index contributed by atoms with van der Waals surface area (Å²) < 4.78 is 5.03. The minimum Gasteiger partial charge on any atom is -0.462 e. The van der Waals surface area contributed by atoms with Crippen LogP contribution in [-0.2, 0) is 4.74 Å². The summed E-state index contributed by atoms with van der Waals surface area (Å²) in [6.45, 7) is 5.20. The number of Topliss-reactive ketones (excluding diaryl/α,β-unsaturated/α-hetero) is 1. The highest BCUT2D eigenvalue weighted by molar-refractivity contribution is 6.42. The molecule has 0 atom stereocenters. The predicted octanol–water partition coefficient (Wildman–Crippen LogP) is 4.90. The summed E-state index contributed by atoms with van der Waals surface area (Å²) in [6, 6.07) is 6.65. The van der Waals surface area contributed by atoms with Crippen molar-refractivity contribution in [2.75, 3.05) is 6.61 Å². The molecule has 1 N–H and O–H groups in total. The van der Waals surface area contributed by atoms with Crippen LogP contribution < -0.4 is 0 Å². The van der Waals surface area contributed by atoms with E-state index in [9.17, 15) is 14.9 Å². The minimum absolute atomic E-state index is 0.129. The van der Waals surface area contributed by atoms with Crippen LogP contribution in [0.25, 0.3) is 6.08 Å². The lowest BCUT2D eigenvalue weighted by Gasteiger charge is -2.05. The van der Waals surface area contributed by atoms with Gasteiger partial charge in [-0.2, -0.15) is 5.26 Å². The highest BCUT2D eigenvalue weighted by atomic mass is 35.5. The average Bonchev–Trinajstić information content (AvgIpc) is 2.89. The molecule has 0 aliphatic rings. The molecule has 0 amide bonds. The summed E-state index contributed by atoms with van der Waals surface area (Å²) in [5, 5.41) is 10.1. The molecule has 0 saturated heterocycles. The van der Waals surface area contributed by atoms with Crippen LogP contribution >= 0.6 is 23.2 Å². The topological polar surface area (TPSA) is 83.0 Å². The number of allylic oxidation sites excluding steroid dienone is 1. The second-order valence-corrected chi connectivity index (χ2v) is 6.33. The van der Waals surface area contributed by atoms with Crippen molar-refractivity contribution in [1.29, 1.82) is 5.26 Å². The number of nitrogens with zero attached hydrogens (tertiary/aromatic N) is 1. The molecule has 0 aliphatic carbocycles. The van der Waals surface area contributed by atoms with Crippen molar-refractivity contribution in [2.45, 2.75) is 20.8 Å². The number of halogens is 2. The van der Waals surface area contributed by atoms with Gasteiger partial charge in [0.1, 0.15) is 11.6 Å². The van der Waals surface area contributed by atoms with Gasteiger partial charge in [0.25, 0.3) is 0 Å². The van der Waals surface area contributed by atoms with Gasteiger partial charge in [0, 0.05) is 11.4 Å². The van der Waals surface area contributed by atoms with E-state index in [0.29, 0.717) is 27.0 Å². The number of aromatic amines is 1. The van der Waals surface area contributed by atoms with Crippen molar-refractivity contribution in [3.63, 3.8) is 0 Å². The van der Waals surface area contributed by atoms with Gasteiger partial charge in [-0.3, -0.25) is 4.79 Å². The number of ether oxygens (including phenoxy) is 1. The Hall–Kier alpha value is -2.55. The predicted molar refractivity (Wildman–Crippen MR) is 101 cm³/mol. The van der Waals surface area contributed by atoms with Crippen LogP contribution in [0.3, 0.4) is 0 Å². The number of nitrogens with one attached hydrogen (secondary N) is 1. The van der Waals surface area contributed by atoms with Gasteiger partial charge in [-0.15, -0.1) is 0 Å². The fourth-order valence-electron chi connectivity index (χ4n) is 2.58. The zero-order valence-corrected chi connectivity index (χ0v) is 16.0. The average molecular weight is 391 g/mol. The van der Waals surface area contributed by atoms with Crippen molar-refractivity contribution in [2.24, 2.45) is 0 Å². The number of hydrogen-bond donors (Lipinski definition) is 1. The first-order valence-corrected chi connectivity index (χ1v) is 8.53. The Morgan fingerprint density at radius 2 is 1.85 bits per heavy atom. The summed E-state index contributed by atoms with van der Waals surface area (Å²) in [7, 11) is 0. The van der Waals surface area contributed by atoms with Crippen LogP contribution in [0, 0.1) is 25.2 Å². The van der Waals surface area contributed by atoms with Crippen molar-refractivity contribution >= 4 is 41.0 Å². The first kappa shape index (κ1) is 19.8. The Kier molecular flexibility index (Phi) is 6.25. The Bertz CT molecular complexity index is 952. The van der Waals surface area contributed by atoms with E-state index < -0.39 is 11.8 Å². The second-order valence-electron chi connectivity index (χ2n) is 5.52. The minimum atomic E-state index is -0.607. The lowest BCUT2D eigenvalue weighted by atomic mass is 9.98. The standard InChI is InChI=1S/C19H16Cl2N2O3/c1-4-26-19(25)17-11(3)23-10(2)16(17)18(24)13(9-22)7-12-5-6-14(20)15(21)8-12/h5-8,23H,4H2,1-3H3/b13-7+. The SMILES string of the molecule is CCOC(=O)c1c(C)[nH]c(C)c1C(=O)/C(C#N)=C/c1ccc(Cl)c(Cl)c1. The molecule has 0 spiro atoms. The molecular formula is C19H16Cl2N2O3. The van der Waals surface area contributed by atoms with Crippen LogP contribution in [0.4, 0.5) is 0 Å². The zero-order chi connectivity index (χ0) is 19.4. The molecule has 134 valence electrons. The molecule has 0 bridgehead atoms. The van der Waals surface area contributed by atoms with E-state index in [1.165, 1.54) is 6.08 Å². The number of carbonyl (C=O) groups excluding carboxylic acids is 2. The summed E-state index contributed by atoms with van der Waals surface area (Å²) in [6.07, 6.45) is 1.40. The normalized spacial score (nSPS) is 11.2. The Balaban J connectivity index is 2.53. The summed E-state index contributed by atoms with van der Waals surface area (Å²) in [5.41, 5.74) is 1.70. The van der Waals surface area contributed by atoms with Crippen molar-refractivity contribution in [3.8, 4) is 6.07 Å². The number of esters is 1. The molecule has 7 heteroatoms. The van der Waals surface area contributed by atoms with Gasteiger partial charge in [0.2, 0.25) is 5.78 Å². The Morgan fingerprint density at radius 3 is 2.42 bits per heavy atom. The molecule has 0 saturated carbocycles. The Morgan fingerprint density at radius 1 is 1.19 bits per heavy atom. The van der Waals surface area contributed by atoms with Gasteiger partial charge < -0.3 is 9.72 Å². The number of rotatable bonds is 5. The van der Waals surface area contributed by atoms with Gasteiger partial charge in [-0.1, -0.05) is 29.3 Å². The van der Waals surface area contributed by atoms with Crippen LogP contribution in [0.2, 0.25) is 10.0 Å². The molecule has 0 aliphatic heterocycles. The number of aromatic nitrogens is 1. The van der Waals surface area contributed by atoms with Crippen LogP contribution in [0.1, 0.15) is 44.6 Å². The molecule has 0 radical (unpaired) electrons. The smallest absolute Gasteiger partial charge is 0.340 e. The lowest BCUT2D eigenvalue weighted by molar-refractivity contribution is 0.0523. The number of carbonyl (C=O) groups is 2. The fraction of sp³-hybridized carbons (Fsp3) is 0.211. The molecule has 1 aromatic heterocycles. The summed E-state index contributed by atoms with van der Waals surface area (Å²) >= 11 is 11.9. The van der Waals surface area contributed by atoms with Crippen LogP contribution in [-0.4, -0.2) is 23.3 Å². The molecule has 5 nitrogen and oxygen atoms in total. The zero-order valence-electron chi connectivity index (χ0n) is 14.4. The van der Waals surface area contributed by atoms with E-state index in [1.54, 1.807) is 39.0 Å². The first-order chi connectivity index (χ1) is 12.3. The number of nitriles is 1. The number of ketones is 1. The highest BCUT2D eigenvalue weighted by Gasteiger charge is 2.27. The summed E-state index contributed by atoms with van der Waals surface area (Å²) in [4.78, 5) is 28.1. The molecule has 2 rings (SSSR count). The van der Waals surface area contributed by atoms with Crippen LogP contribution in [0.15, 0.2) is 23.8 Å². The maximum Gasteiger partial charge on any atom is 0.340 e. The third-order valence-corrected chi connectivity index (χ3v) is 4.44. The van der Waals surface area contributed by atoms with E-state index in [2.05, 4.69) is 4.98 Å². The number of hydrogen-bond acceptors (Lipinski definition) is 4. The van der Waals surface area contributed by atoms with Crippen molar-refractivity contribution in [3.05, 3.63) is 61.9 Å². The van der Waals surface area contributed by atoms with Gasteiger partial charge in [0.05, 0.1) is 27.8 Å². The third-order valence-electron chi connectivity index (χ3n) is 3.70. The van der Waals surface area contributed by atoms with E-state index in [-0.39, 0.29) is 23.3 Å². The second kappa shape index (κ2) is 8.22. The fourth-order valence-corrected chi connectivity index (χ4v) is 2.88. The highest BCUT2D eigenvalue weighted by Crippen LogP contribution is 2.26. The first-order valence-electron chi connectivity index (χ1n) is 7.78. The lowest BCUT2D eigenvalue weighted by Crippen LogP contribution is -2.13. The third kappa shape index (κ3) is 3.98. The van der Waals surface area contributed by atoms with Gasteiger partial charge in [0.15, 0.2) is 0 Å². The quantitative estimate of drug-likeness (QED) is 0.340. The molecule has 1 aromatic carbocycles. The Labute approximate surface area is 161 Å². The number of aryl methyl sites for hydroxylation is 2. The van der Waals surface area contributed by atoms with E-state index in [4.69, 9.17) is 27.9 Å². The van der Waals surface area contributed by atoms with Gasteiger partial charge >= 0.3 is 5.97 Å². The molecule has 1 heterocycles. The molecule has 0 unspecified atom stereocenters. The van der Waals surface area contributed by atoms with E-state index >= 15 is 0 Å². The van der Waals surface area contributed by atoms with Gasteiger partial charge in [-0.05, 0) is 44.5 Å². The maximum atomic E-state index is 12.9. The van der Waals surface area contributed by atoms with E-state index in [0.717, 1.165) is 0 Å². The monoisotopic (exact) mass is 390 g/mol. The van der Waals surface area contributed by atoms with Crippen molar-refractivity contribution in [1.82, 2.24) is 4.98 Å². The molecular weight excluding hydrogens is 375 g/mol. The molecule has 0 fully saturated rings. The molecule has 2 aromatic rings. The maximum absolute atomic E-state index is 12.9. The number of benzene rings is 1. The van der Waals surface area contributed by atoms with Crippen LogP contribution in [0.5, 0.6) is 0 Å². The number of H-pyrrole nitrogens is 1. The van der Waals surface area contributed by atoms with Gasteiger partial charge in [-0.25, -0.2) is 4.79 Å².